The van der Waals surface area contributed by atoms with E-state index in [9.17, 15) is 14.9 Å². The summed E-state index contributed by atoms with van der Waals surface area (Å²) in [5.41, 5.74) is -0.0512. The number of benzene rings is 2. The molecule has 1 heterocycles. The third-order valence-corrected chi connectivity index (χ3v) is 4.54. The van der Waals surface area contributed by atoms with Gasteiger partial charge in [-0.15, -0.1) is 0 Å². The highest BCUT2D eigenvalue weighted by Crippen LogP contribution is 2.27. The molecule has 7 nitrogen and oxygen atoms in total. The highest BCUT2D eigenvalue weighted by Gasteiger charge is 2.16. The Morgan fingerprint density at radius 3 is 2.63 bits per heavy atom. The van der Waals surface area contributed by atoms with Gasteiger partial charge in [0.05, 0.1) is 15.6 Å². The summed E-state index contributed by atoms with van der Waals surface area (Å²) in [7, 11) is 0. The van der Waals surface area contributed by atoms with Crippen molar-refractivity contribution in [2.24, 2.45) is 0 Å². The Balaban J connectivity index is 1.65. The first kappa shape index (κ1) is 19.2. The number of furan rings is 1. The molecule has 1 amide bonds. The predicted octanol–water partition coefficient (Wildman–Crippen LogP) is 5.28. The van der Waals surface area contributed by atoms with Gasteiger partial charge in [0.15, 0.2) is 5.76 Å². The van der Waals surface area contributed by atoms with Crippen LogP contribution in [-0.4, -0.2) is 10.8 Å². The molecule has 0 aliphatic heterocycles. The SMILES string of the molecule is O=C(Nc1cc([N+](=O)[O-])ccc1Cl)c1ccc(COc2ccc(I)cc2)o1. The Bertz CT molecular complexity index is 988. The fraction of sp³-hybridized carbons (Fsp3) is 0.0556. The van der Waals surface area contributed by atoms with E-state index in [-0.39, 0.29) is 28.8 Å². The number of rotatable bonds is 6. The molecule has 0 aliphatic rings. The molecule has 0 fully saturated rings. The number of nitro benzene ring substituents is 1. The molecule has 0 bridgehead atoms. The van der Waals surface area contributed by atoms with Crippen molar-refractivity contribution >= 4 is 51.5 Å². The van der Waals surface area contributed by atoms with E-state index in [1.165, 1.54) is 24.3 Å². The summed E-state index contributed by atoms with van der Waals surface area (Å²) in [5, 5.41) is 13.5. The molecular weight excluding hydrogens is 487 g/mol. The Morgan fingerprint density at radius 2 is 1.93 bits per heavy atom. The van der Waals surface area contributed by atoms with Crippen molar-refractivity contribution in [1.82, 2.24) is 0 Å². The molecule has 0 atom stereocenters. The smallest absolute Gasteiger partial charge is 0.291 e. The molecule has 2 aromatic carbocycles. The zero-order valence-electron chi connectivity index (χ0n) is 13.6. The third kappa shape index (κ3) is 4.98. The van der Waals surface area contributed by atoms with Crippen molar-refractivity contribution in [2.75, 3.05) is 5.32 Å². The van der Waals surface area contributed by atoms with Gasteiger partial charge in [0.2, 0.25) is 0 Å². The quantitative estimate of drug-likeness (QED) is 0.284. The van der Waals surface area contributed by atoms with E-state index >= 15 is 0 Å². The molecule has 0 unspecified atom stereocenters. The van der Waals surface area contributed by atoms with E-state index in [0.29, 0.717) is 11.5 Å². The molecule has 0 saturated carbocycles. The minimum Gasteiger partial charge on any atom is -0.486 e. The summed E-state index contributed by atoms with van der Waals surface area (Å²) in [5.74, 6) is 0.613. The molecule has 0 aliphatic carbocycles. The molecule has 27 heavy (non-hydrogen) atoms. The van der Waals surface area contributed by atoms with Crippen LogP contribution in [0.1, 0.15) is 16.3 Å². The van der Waals surface area contributed by atoms with Gasteiger partial charge >= 0.3 is 0 Å². The van der Waals surface area contributed by atoms with Gasteiger partial charge in [-0.3, -0.25) is 14.9 Å². The zero-order chi connectivity index (χ0) is 19.4. The standard InChI is InChI=1S/C18H12ClIN2O5/c19-15-7-3-12(22(24)25)9-16(15)21-18(23)17-8-6-14(27-17)10-26-13-4-1-11(20)2-5-13/h1-9H,10H2,(H,21,23). The summed E-state index contributed by atoms with van der Waals surface area (Å²) in [4.78, 5) is 22.6. The normalized spacial score (nSPS) is 10.4. The van der Waals surface area contributed by atoms with Crippen molar-refractivity contribution in [3.05, 3.63) is 84.8 Å². The molecule has 3 aromatic rings. The second-order valence-corrected chi connectivity index (χ2v) is 7.04. The van der Waals surface area contributed by atoms with E-state index in [2.05, 4.69) is 27.9 Å². The largest absolute Gasteiger partial charge is 0.486 e. The first-order chi connectivity index (χ1) is 12.9. The van der Waals surface area contributed by atoms with Crippen LogP contribution < -0.4 is 10.1 Å². The van der Waals surface area contributed by atoms with Gasteiger partial charge in [-0.25, -0.2) is 0 Å². The number of carbonyl (C=O) groups is 1. The summed E-state index contributed by atoms with van der Waals surface area (Å²) >= 11 is 8.18. The number of anilines is 1. The minimum absolute atomic E-state index is 0.0405. The number of hydrogen-bond acceptors (Lipinski definition) is 5. The Labute approximate surface area is 172 Å². The van der Waals surface area contributed by atoms with Crippen LogP contribution in [0.25, 0.3) is 0 Å². The monoisotopic (exact) mass is 498 g/mol. The van der Waals surface area contributed by atoms with E-state index in [4.69, 9.17) is 20.8 Å². The first-order valence-electron chi connectivity index (χ1n) is 7.65. The topological polar surface area (TPSA) is 94.6 Å². The van der Waals surface area contributed by atoms with Crippen molar-refractivity contribution in [3.8, 4) is 5.75 Å². The fourth-order valence-corrected chi connectivity index (χ4v) is 2.69. The summed E-state index contributed by atoms with van der Waals surface area (Å²) in [6, 6.07) is 14.4. The lowest BCUT2D eigenvalue weighted by molar-refractivity contribution is -0.384. The number of nitrogens with zero attached hydrogens (tertiary/aromatic N) is 1. The zero-order valence-corrected chi connectivity index (χ0v) is 16.6. The molecule has 0 radical (unpaired) electrons. The summed E-state index contributed by atoms with van der Waals surface area (Å²) in [6.07, 6.45) is 0. The lowest BCUT2D eigenvalue weighted by Gasteiger charge is -2.06. The summed E-state index contributed by atoms with van der Waals surface area (Å²) in [6.45, 7) is 0.158. The van der Waals surface area contributed by atoms with Gasteiger partial charge < -0.3 is 14.5 Å². The van der Waals surface area contributed by atoms with Gasteiger partial charge in [-0.1, -0.05) is 11.6 Å². The van der Waals surface area contributed by atoms with Crippen LogP contribution in [0.15, 0.2) is 59.0 Å². The Morgan fingerprint density at radius 1 is 1.19 bits per heavy atom. The van der Waals surface area contributed by atoms with Crippen LogP contribution in [0.4, 0.5) is 11.4 Å². The Kier molecular flexibility index (Phi) is 5.97. The number of nitro groups is 1. The molecule has 3 rings (SSSR count). The van der Waals surface area contributed by atoms with Crippen molar-refractivity contribution in [3.63, 3.8) is 0 Å². The molecular formula is C18H12ClIN2O5. The van der Waals surface area contributed by atoms with Crippen LogP contribution in [0.5, 0.6) is 5.75 Å². The second kappa shape index (κ2) is 8.40. The second-order valence-electron chi connectivity index (χ2n) is 5.38. The summed E-state index contributed by atoms with van der Waals surface area (Å²) < 4.78 is 12.2. The van der Waals surface area contributed by atoms with Crippen LogP contribution in [0.2, 0.25) is 5.02 Å². The van der Waals surface area contributed by atoms with Gasteiger partial charge in [-0.2, -0.15) is 0 Å². The van der Waals surface area contributed by atoms with Crippen LogP contribution in [0.3, 0.4) is 0 Å². The average Bonchev–Trinajstić information content (AvgIpc) is 3.12. The first-order valence-corrected chi connectivity index (χ1v) is 9.10. The molecule has 138 valence electrons. The van der Waals surface area contributed by atoms with Gasteiger partial charge in [-0.05, 0) is 65.1 Å². The fourth-order valence-electron chi connectivity index (χ4n) is 2.17. The van der Waals surface area contributed by atoms with E-state index in [1.54, 1.807) is 6.07 Å². The number of halogens is 2. The number of nitrogens with one attached hydrogen (secondary N) is 1. The Hall–Kier alpha value is -2.59. The minimum atomic E-state index is -0.571. The molecule has 1 N–H and O–H groups in total. The van der Waals surface area contributed by atoms with Crippen molar-refractivity contribution < 1.29 is 18.9 Å². The molecule has 9 heteroatoms. The van der Waals surface area contributed by atoms with Gasteiger partial charge in [0.1, 0.15) is 18.1 Å². The van der Waals surface area contributed by atoms with E-state index in [0.717, 1.165) is 3.57 Å². The van der Waals surface area contributed by atoms with E-state index in [1.807, 2.05) is 24.3 Å². The lowest BCUT2D eigenvalue weighted by Crippen LogP contribution is -2.11. The lowest BCUT2D eigenvalue weighted by atomic mass is 10.2. The maximum atomic E-state index is 12.3. The van der Waals surface area contributed by atoms with Crippen LogP contribution >= 0.6 is 34.2 Å². The maximum Gasteiger partial charge on any atom is 0.291 e. The predicted molar refractivity (Wildman–Crippen MR) is 108 cm³/mol. The number of hydrogen-bond donors (Lipinski definition) is 1. The van der Waals surface area contributed by atoms with Gasteiger partial charge in [0, 0.05) is 15.7 Å². The van der Waals surface area contributed by atoms with Crippen molar-refractivity contribution in [1.29, 1.82) is 0 Å². The van der Waals surface area contributed by atoms with Crippen LogP contribution in [0, 0.1) is 13.7 Å². The molecule has 1 aromatic heterocycles. The third-order valence-electron chi connectivity index (χ3n) is 3.49. The van der Waals surface area contributed by atoms with Crippen molar-refractivity contribution in [2.45, 2.75) is 6.61 Å². The average molecular weight is 499 g/mol. The van der Waals surface area contributed by atoms with E-state index < -0.39 is 10.8 Å². The van der Waals surface area contributed by atoms with Crippen LogP contribution in [-0.2, 0) is 6.61 Å². The van der Waals surface area contributed by atoms with Gasteiger partial charge in [0.25, 0.3) is 11.6 Å². The molecule has 0 spiro atoms. The number of carbonyl (C=O) groups excluding carboxylic acids is 1. The maximum absolute atomic E-state index is 12.3. The highest BCUT2D eigenvalue weighted by molar-refractivity contribution is 14.1. The number of amides is 1. The number of ether oxygens (including phenoxy) is 1. The molecule has 0 saturated heterocycles. The highest BCUT2D eigenvalue weighted by atomic mass is 127. The number of non-ortho nitro benzene ring substituents is 1.